The molecule has 0 aliphatic heterocycles. The second kappa shape index (κ2) is 12.2. The second-order valence-electron chi connectivity index (χ2n) is 8.34. The predicted octanol–water partition coefficient (Wildman–Crippen LogP) is 7.28. The molecule has 0 amide bonds. The van der Waals surface area contributed by atoms with Gasteiger partial charge in [-0.3, -0.25) is 0 Å². The molecule has 0 radical (unpaired) electrons. The summed E-state index contributed by atoms with van der Waals surface area (Å²) in [6, 6.07) is 0. The van der Waals surface area contributed by atoms with Gasteiger partial charge in [-0.05, 0) is 23.2 Å². The van der Waals surface area contributed by atoms with Crippen LogP contribution >= 0.6 is 0 Å². The molecule has 0 aromatic rings. The summed E-state index contributed by atoms with van der Waals surface area (Å²) in [5.74, 6) is 2.40. The zero-order chi connectivity index (χ0) is 15.7. The summed E-state index contributed by atoms with van der Waals surface area (Å²) in [6.07, 6.45) is 6.57. The van der Waals surface area contributed by atoms with Crippen LogP contribution in [0, 0.1) is 22.7 Å². The monoisotopic (exact) mass is 333 g/mol. The van der Waals surface area contributed by atoms with Crippen LogP contribution in [0.5, 0.6) is 0 Å². The standard InChI is InChI=1S/C10H21.C9H20.Zn/c1-6-10(4,5)8-7-9(2)3;1-6-9(4,5)7-8(2)3;/h6-8H2,1-5H3;8H,6-7H2,1-5H3;/q-1;;. The summed E-state index contributed by atoms with van der Waals surface area (Å²) in [7, 11) is 0. The Morgan fingerprint density at radius 1 is 0.850 bits per heavy atom. The Morgan fingerprint density at radius 3 is 1.45 bits per heavy atom. The van der Waals surface area contributed by atoms with E-state index in [9.17, 15) is 0 Å². The van der Waals surface area contributed by atoms with Gasteiger partial charge in [-0.25, -0.2) is 0 Å². The summed E-state index contributed by atoms with van der Waals surface area (Å²) in [5, 5.41) is 0. The molecular formula is C19H41Zn-. The minimum Gasteiger partial charge on any atom is -0.320 e. The summed E-state index contributed by atoms with van der Waals surface area (Å²) in [4.78, 5) is 0. The minimum atomic E-state index is 0. The van der Waals surface area contributed by atoms with E-state index in [1.165, 1.54) is 32.1 Å². The van der Waals surface area contributed by atoms with Crippen molar-refractivity contribution >= 4 is 0 Å². The summed E-state index contributed by atoms with van der Waals surface area (Å²) in [6.45, 7) is 22.9. The smallest absolute Gasteiger partial charge is 0 e. The molecule has 20 heavy (non-hydrogen) atoms. The maximum absolute atomic E-state index is 2.34. The fourth-order valence-electron chi connectivity index (χ4n) is 2.01. The van der Waals surface area contributed by atoms with Crippen LogP contribution in [-0.4, -0.2) is 0 Å². The molecule has 0 N–H and O–H groups in total. The predicted molar refractivity (Wildman–Crippen MR) is 91.4 cm³/mol. The van der Waals surface area contributed by atoms with Gasteiger partial charge >= 0.3 is 0 Å². The summed E-state index contributed by atoms with van der Waals surface area (Å²) in [5.41, 5.74) is 1.12. The maximum Gasteiger partial charge on any atom is 0 e. The van der Waals surface area contributed by atoms with Gasteiger partial charge in [-0.2, -0.15) is 20.3 Å². The molecule has 0 saturated heterocycles. The molecule has 0 saturated carbocycles. The molecule has 0 bridgehead atoms. The molecule has 0 spiro atoms. The second-order valence-corrected chi connectivity index (χ2v) is 8.34. The van der Waals surface area contributed by atoms with Gasteiger partial charge in [-0.1, -0.05) is 74.7 Å². The zero-order valence-corrected chi connectivity index (χ0v) is 19.3. The Bertz CT molecular complexity index is 202. The number of rotatable bonds is 7. The van der Waals surface area contributed by atoms with Gasteiger partial charge < -0.3 is 5.92 Å². The molecule has 0 aliphatic rings. The molecular weight excluding hydrogens is 294 g/mol. The van der Waals surface area contributed by atoms with Crippen LogP contribution < -0.4 is 0 Å². The van der Waals surface area contributed by atoms with Crippen molar-refractivity contribution in [3.63, 3.8) is 0 Å². The van der Waals surface area contributed by atoms with Crippen LogP contribution in [0.15, 0.2) is 0 Å². The SMILES string of the molecule is CCC(C)(C)CC(C)C.CCC(C)(C)CC[C-](C)C.[Zn]. The van der Waals surface area contributed by atoms with E-state index in [4.69, 9.17) is 0 Å². The minimum absolute atomic E-state index is 0. The zero-order valence-electron chi connectivity index (χ0n) is 16.3. The summed E-state index contributed by atoms with van der Waals surface area (Å²) < 4.78 is 0. The van der Waals surface area contributed by atoms with Gasteiger partial charge in [0, 0.05) is 19.5 Å². The largest absolute Gasteiger partial charge is 0.320 e. The van der Waals surface area contributed by atoms with E-state index in [1.807, 2.05) is 0 Å². The van der Waals surface area contributed by atoms with Crippen LogP contribution in [0.3, 0.4) is 0 Å². The van der Waals surface area contributed by atoms with Crippen LogP contribution in [0.1, 0.15) is 101 Å². The van der Waals surface area contributed by atoms with Crippen molar-refractivity contribution in [3.05, 3.63) is 5.92 Å². The van der Waals surface area contributed by atoms with E-state index in [0.717, 1.165) is 5.92 Å². The van der Waals surface area contributed by atoms with E-state index >= 15 is 0 Å². The first-order valence-corrected chi connectivity index (χ1v) is 8.24. The first kappa shape index (κ1) is 25.6. The van der Waals surface area contributed by atoms with Crippen molar-refractivity contribution in [3.8, 4) is 0 Å². The average molecular weight is 335 g/mol. The molecule has 0 aliphatic carbocycles. The number of hydrogen-bond donors (Lipinski definition) is 0. The average Bonchev–Trinajstić information content (AvgIpc) is 2.26. The molecule has 0 unspecified atom stereocenters. The third kappa shape index (κ3) is 18.6. The van der Waals surface area contributed by atoms with Crippen LogP contribution in [0.2, 0.25) is 0 Å². The van der Waals surface area contributed by atoms with Crippen LogP contribution in [0.25, 0.3) is 0 Å². The topological polar surface area (TPSA) is 0 Å². The summed E-state index contributed by atoms with van der Waals surface area (Å²) >= 11 is 0. The molecule has 0 aromatic carbocycles. The number of hydrogen-bond acceptors (Lipinski definition) is 0. The first-order valence-electron chi connectivity index (χ1n) is 8.24. The van der Waals surface area contributed by atoms with Gasteiger partial charge in [0.1, 0.15) is 0 Å². The van der Waals surface area contributed by atoms with E-state index in [1.54, 1.807) is 5.92 Å². The van der Waals surface area contributed by atoms with Gasteiger partial charge in [-0.15, -0.1) is 0 Å². The third-order valence-corrected chi connectivity index (χ3v) is 4.18. The van der Waals surface area contributed by atoms with Crippen molar-refractivity contribution in [2.24, 2.45) is 16.7 Å². The molecule has 0 rings (SSSR count). The molecule has 0 aromatic heterocycles. The molecule has 0 nitrogen and oxygen atoms in total. The third-order valence-electron chi connectivity index (χ3n) is 4.18. The molecule has 1 heteroatoms. The van der Waals surface area contributed by atoms with Gasteiger partial charge in [0.25, 0.3) is 0 Å². The van der Waals surface area contributed by atoms with E-state index < -0.39 is 0 Å². The van der Waals surface area contributed by atoms with Crippen LogP contribution in [0.4, 0.5) is 0 Å². The Labute approximate surface area is 143 Å². The molecule has 0 fully saturated rings. The van der Waals surface area contributed by atoms with Crippen LogP contribution in [-0.2, 0) is 19.5 Å². The van der Waals surface area contributed by atoms with Crippen molar-refractivity contribution in [2.75, 3.05) is 0 Å². The fourth-order valence-corrected chi connectivity index (χ4v) is 2.01. The Kier molecular flexibility index (Phi) is 15.6. The van der Waals surface area contributed by atoms with Gasteiger partial charge in [0.2, 0.25) is 0 Å². The van der Waals surface area contributed by atoms with Crippen molar-refractivity contribution < 1.29 is 19.5 Å². The van der Waals surface area contributed by atoms with Crippen molar-refractivity contribution in [2.45, 2.75) is 101 Å². The maximum atomic E-state index is 2.34. The molecule has 0 heterocycles. The van der Waals surface area contributed by atoms with E-state index in [0.29, 0.717) is 10.8 Å². The first-order chi connectivity index (χ1) is 8.45. The van der Waals surface area contributed by atoms with Crippen molar-refractivity contribution in [1.29, 1.82) is 0 Å². The Hall–Kier alpha value is 0.623. The molecule has 120 valence electrons. The normalized spacial score (nSPS) is 12.0. The van der Waals surface area contributed by atoms with E-state index in [-0.39, 0.29) is 19.5 Å². The Balaban J connectivity index is -0.000000277. The Morgan fingerprint density at radius 2 is 1.25 bits per heavy atom. The van der Waals surface area contributed by atoms with E-state index in [2.05, 4.69) is 69.2 Å². The van der Waals surface area contributed by atoms with Crippen molar-refractivity contribution in [1.82, 2.24) is 0 Å². The molecule has 0 atom stereocenters. The quantitative estimate of drug-likeness (QED) is 0.339. The van der Waals surface area contributed by atoms with Gasteiger partial charge in [0.05, 0.1) is 0 Å². The van der Waals surface area contributed by atoms with Gasteiger partial charge in [0.15, 0.2) is 0 Å². The fraction of sp³-hybridized carbons (Fsp3) is 0.947.